The monoisotopic (exact) mass is 312 g/mol. The summed E-state index contributed by atoms with van der Waals surface area (Å²) in [5, 5.41) is 0. The highest BCUT2D eigenvalue weighted by molar-refractivity contribution is 5.90. The van der Waals surface area contributed by atoms with Crippen LogP contribution in [0.4, 0.5) is 11.4 Å². The van der Waals surface area contributed by atoms with Crippen LogP contribution in [-0.4, -0.2) is 0 Å². The molecular formula is C16H22Cl2N2. The summed E-state index contributed by atoms with van der Waals surface area (Å²) in [6.45, 7) is 8.33. The van der Waals surface area contributed by atoms with Crippen LogP contribution in [-0.2, 0) is 0 Å². The topological polar surface area (TPSA) is 52.0 Å². The van der Waals surface area contributed by atoms with Crippen LogP contribution in [0.2, 0.25) is 0 Å². The van der Waals surface area contributed by atoms with Crippen LogP contribution in [0.5, 0.6) is 0 Å². The Morgan fingerprint density at radius 2 is 1.25 bits per heavy atom. The fourth-order valence-corrected chi connectivity index (χ4v) is 2.41. The Hall–Kier alpha value is -1.38. The summed E-state index contributed by atoms with van der Waals surface area (Å²) in [4.78, 5) is 0. The number of nitrogens with two attached hydrogens (primary N) is 2. The molecule has 110 valence electrons. The van der Waals surface area contributed by atoms with Gasteiger partial charge in [0.05, 0.1) is 11.4 Å². The molecule has 4 heteroatoms. The largest absolute Gasteiger partial charge is 0.397 e. The van der Waals surface area contributed by atoms with Crippen molar-refractivity contribution in [1.82, 2.24) is 0 Å². The first-order valence-corrected chi connectivity index (χ1v) is 6.15. The summed E-state index contributed by atoms with van der Waals surface area (Å²) >= 11 is 0. The number of rotatable bonds is 1. The van der Waals surface area contributed by atoms with E-state index in [0.717, 1.165) is 11.1 Å². The van der Waals surface area contributed by atoms with Crippen LogP contribution in [0.1, 0.15) is 22.3 Å². The molecule has 0 saturated carbocycles. The van der Waals surface area contributed by atoms with Crippen molar-refractivity contribution >= 4 is 36.2 Å². The lowest BCUT2D eigenvalue weighted by Crippen LogP contribution is -2.05. The fraction of sp³-hybridized carbons (Fsp3) is 0.250. The molecule has 0 aliphatic heterocycles. The van der Waals surface area contributed by atoms with Crippen LogP contribution in [0, 0.1) is 27.7 Å². The van der Waals surface area contributed by atoms with Crippen molar-refractivity contribution in [2.24, 2.45) is 0 Å². The summed E-state index contributed by atoms with van der Waals surface area (Å²) in [5.74, 6) is 0. The highest BCUT2D eigenvalue weighted by Crippen LogP contribution is 2.39. The molecule has 2 rings (SSSR count). The maximum Gasteiger partial charge on any atom is 0.0633 e. The van der Waals surface area contributed by atoms with Gasteiger partial charge in [0, 0.05) is 5.56 Å². The molecule has 2 aromatic rings. The summed E-state index contributed by atoms with van der Waals surface area (Å²) in [6.07, 6.45) is 0. The van der Waals surface area contributed by atoms with E-state index in [-0.39, 0.29) is 24.8 Å². The standard InChI is InChI=1S/C16H20N2.2ClH/c1-9-7-5-6-8-13(9)14-11(3)10(2)12(4)15(17)16(14)18;;/h5-8H,17-18H2,1-4H3;2*1H. The van der Waals surface area contributed by atoms with Crippen molar-refractivity contribution < 1.29 is 0 Å². The maximum absolute atomic E-state index is 6.23. The molecule has 0 unspecified atom stereocenters. The summed E-state index contributed by atoms with van der Waals surface area (Å²) in [7, 11) is 0. The van der Waals surface area contributed by atoms with Crippen LogP contribution in [0.15, 0.2) is 24.3 Å². The second kappa shape index (κ2) is 6.87. The smallest absolute Gasteiger partial charge is 0.0633 e. The van der Waals surface area contributed by atoms with Crippen molar-refractivity contribution in [1.29, 1.82) is 0 Å². The minimum absolute atomic E-state index is 0. The second-order valence-corrected chi connectivity index (χ2v) is 4.89. The molecule has 0 bridgehead atoms. The van der Waals surface area contributed by atoms with Gasteiger partial charge in [0.1, 0.15) is 0 Å². The van der Waals surface area contributed by atoms with Gasteiger partial charge in [-0.2, -0.15) is 0 Å². The van der Waals surface area contributed by atoms with Crippen LogP contribution >= 0.6 is 24.8 Å². The van der Waals surface area contributed by atoms with E-state index in [1.807, 2.05) is 19.1 Å². The molecular weight excluding hydrogens is 291 g/mol. The Labute approximate surface area is 133 Å². The van der Waals surface area contributed by atoms with Gasteiger partial charge in [-0.25, -0.2) is 0 Å². The fourth-order valence-electron chi connectivity index (χ4n) is 2.41. The summed E-state index contributed by atoms with van der Waals surface area (Å²) in [5.41, 5.74) is 20.7. The van der Waals surface area contributed by atoms with Crippen molar-refractivity contribution in [3.8, 4) is 11.1 Å². The number of benzene rings is 2. The lowest BCUT2D eigenvalue weighted by Gasteiger charge is -2.19. The number of aryl methyl sites for hydroxylation is 1. The average molecular weight is 313 g/mol. The third-order valence-electron chi connectivity index (χ3n) is 3.88. The van der Waals surface area contributed by atoms with E-state index in [4.69, 9.17) is 11.5 Å². The van der Waals surface area contributed by atoms with E-state index < -0.39 is 0 Å². The Bertz CT molecular complexity index is 593. The Balaban J connectivity index is 0.00000180. The van der Waals surface area contributed by atoms with E-state index >= 15 is 0 Å². The van der Waals surface area contributed by atoms with E-state index in [0.29, 0.717) is 11.4 Å². The summed E-state index contributed by atoms with van der Waals surface area (Å²) < 4.78 is 0. The SMILES string of the molecule is Cc1ccccc1-c1c(C)c(C)c(C)c(N)c1N.Cl.Cl. The predicted octanol–water partition coefficient (Wildman–Crippen LogP) is 4.60. The van der Waals surface area contributed by atoms with E-state index in [2.05, 4.69) is 32.9 Å². The predicted molar refractivity (Wildman–Crippen MR) is 94.1 cm³/mol. The van der Waals surface area contributed by atoms with E-state index in [9.17, 15) is 0 Å². The molecule has 0 aromatic heterocycles. The van der Waals surface area contributed by atoms with Gasteiger partial charge in [-0.1, -0.05) is 24.3 Å². The number of halogens is 2. The molecule has 0 fully saturated rings. The molecule has 0 spiro atoms. The number of nitrogen functional groups attached to an aromatic ring is 2. The van der Waals surface area contributed by atoms with Crippen molar-refractivity contribution in [3.05, 3.63) is 46.5 Å². The average Bonchev–Trinajstić information content (AvgIpc) is 2.36. The van der Waals surface area contributed by atoms with Gasteiger partial charge in [0.15, 0.2) is 0 Å². The van der Waals surface area contributed by atoms with Crippen LogP contribution in [0.3, 0.4) is 0 Å². The molecule has 0 saturated heterocycles. The normalized spacial score (nSPS) is 9.60. The van der Waals surface area contributed by atoms with Crippen molar-refractivity contribution in [2.75, 3.05) is 11.5 Å². The first-order chi connectivity index (χ1) is 8.45. The van der Waals surface area contributed by atoms with Crippen molar-refractivity contribution in [2.45, 2.75) is 27.7 Å². The molecule has 0 aliphatic carbocycles. The number of hydrogen-bond acceptors (Lipinski definition) is 2. The molecule has 20 heavy (non-hydrogen) atoms. The van der Waals surface area contributed by atoms with Gasteiger partial charge in [-0.3, -0.25) is 0 Å². The van der Waals surface area contributed by atoms with Crippen LogP contribution < -0.4 is 11.5 Å². The first-order valence-electron chi connectivity index (χ1n) is 6.15. The quantitative estimate of drug-likeness (QED) is 0.756. The molecule has 0 aliphatic rings. The minimum Gasteiger partial charge on any atom is -0.397 e. The highest BCUT2D eigenvalue weighted by atomic mass is 35.5. The molecule has 0 heterocycles. The molecule has 0 radical (unpaired) electrons. The van der Waals surface area contributed by atoms with Crippen molar-refractivity contribution in [3.63, 3.8) is 0 Å². The number of hydrogen-bond donors (Lipinski definition) is 2. The van der Waals surface area contributed by atoms with Gasteiger partial charge >= 0.3 is 0 Å². The van der Waals surface area contributed by atoms with Gasteiger partial charge in [-0.15, -0.1) is 24.8 Å². The number of anilines is 2. The summed E-state index contributed by atoms with van der Waals surface area (Å²) in [6, 6.07) is 8.27. The molecule has 2 nitrogen and oxygen atoms in total. The van der Waals surface area contributed by atoms with Gasteiger partial charge in [0.2, 0.25) is 0 Å². The lowest BCUT2D eigenvalue weighted by atomic mass is 9.89. The zero-order chi connectivity index (χ0) is 13.4. The Kier molecular flexibility index (Phi) is 6.39. The zero-order valence-electron chi connectivity index (χ0n) is 12.3. The highest BCUT2D eigenvalue weighted by Gasteiger charge is 2.15. The maximum atomic E-state index is 6.23. The molecule has 2 aromatic carbocycles. The van der Waals surface area contributed by atoms with E-state index in [1.54, 1.807) is 0 Å². The zero-order valence-corrected chi connectivity index (χ0v) is 13.9. The van der Waals surface area contributed by atoms with Crippen LogP contribution in [0.25, 0.3) is 11.1 Å². The van der Waals surface area contributed by atoms with Gasteiger partial charge in [0.25, 0.3) is 0 Å². The second-order valence-electron chi connectivity index (χ2n) is 4.89. The molecule has 4 N–H and O–H groups in total. The Morgan fingerprint density at radius 3 is 1.80 bits per heavy atom. The lowest BCUT2D eigenvalue weighted by molar-refractivity contribution is 1.27. The Morgan fingerprint density at radius 1 is 0.700 bits per heavy atom. The first kappa shape index (κ1) is 18.6. The van der Waals surface area contributed by atoms with Gasteiger partial charge in [-0.05, 0) is 55.5 Å². The van der Waals surface area contributed by atoms with E-state index in [1.165, 1.54) is 22.3 Å². The molecule has 0 atom stereocenters. The third kappa shape index (κ3) is 2.87. The third-order valence-corrected chi connectivity index (χ3v) is 3.88. The molecule has 0 amide bonds. The van der Waals surface area contributed by atoms with Gasteiger partial charge < -0.3 is 11.5 Å². The minimum atomic E-state index is 0.